The molecule has 10 nitrogen and oxygen atoms in total. The van der Waals surface area contributed by atoms with Crippen molar-refractivity contribution in [1.82, 2.24) is 0 Å². The number of methoxy groups -OCH3 is 4. The summed E-state index contributed by atoms with van der Waals surface area (Å²) in [7, 11) is 5.83. The maximum Gasteiger partial charge on any atom is 0.328 e. The lowest BCUT2D eigenvalue weighted by atomic mass is 10.1. The van der Waals surface area contributed by atoms with E-state index in [0.29, 0.717) is 45.6 Å². The average Bonchev–Trinajstić information content (AvgIpc) is 2.83. The summed E-state index contributed by atoms with van der Waals surface area (Å²) in [5.74, 6) is -0.0748. The minimum Gasteiger partial charge on any atom is -0.493 e. The summed E-state index contributed by atoms with van der Waals surface area (Å²) in [6, 6.07) is 6.47. The van der Waals surface area contributed by atoms with E-state index in [0.717, 1.165) is 12.2 Å². The number of benzene rings is 2. The number of hydrogen-bond acceptors (Lipinski definition) is 8. The molecule has 0 aliphatic carbocycles. The van der Waals surface area contributed by atoms with Gasteiger partial charge in [-0.15, -0.1) is 0 Å². The summed E-state index contributed by atoms with van der Waals surface area (Å²) < 4.78 is 33.1. The fraction of sp³-hybridized carbons (Fsp3) is 0.250. The van der Waals surface area contributed by atoms with E-state index < -0.39 is 11.9 Å². The van der Waals surface area contributed by atoms with E-state index >= 15 is 0 Å². The number of hydrogen-bond donors (Lipinski definition) is 2. The second-order valence-corrected chi connectivity index (χ2v) is 6.55. The summed E-state index contributed by atoms with van der Waals surface area (Å²) in [5.41, 5.74) is 1.12. The summed E-state index contributed by atoms with van der Waals surface area (Å²) in [4.78, 5) is 21.6. The van der Waals surface area contributed by atoms with Gasteiger partial charge in [-0.1, -0.05) is 0 Å². The highest BCUT2D eigenvalue weighted by molar-refractivity contribution is 5.86. The van der Waals surface area contributed by atoms with E-state index in [1.54, 1.807) is 24.3 Å². The van der Waals surface area contributed by atoms with Crippen LogP contribution in [0.15, 0.2) is 36.4 Å². The molecule has 0 saturated carbocycles. The van der Waals surface area contributed by atoms with Crippen molar-refractivity contribution in [3.63, 3.8) is 0 Å². The largest absolute Gasteiger partial charge is 0.493 e. The van der Waals surface area contributed by atoms with Crippen LogP contribution in [0.4, 0.5) is 0 Å². The number of aliphatic carboxylic acids is 2. The first kappa shape index (κ1) is 25.9. The van der Waals surface area contributed by atoms with Gasteiger partial charge in [0.15, 0.2) is 23.0 Å². The second-order valence-electron chi connectivity index (χ2n) is 6.55. The molecule has 0 amide bonds. The summed E-state index contributed by atoms with van der Waals surface area (Å²) in [6.07, 6.45) is 4.83. The lowest BCUT2D eigenvalue weighted by Gasteiger charge is -2.17. The van der Waals surface area contributed by atoms with Crippen LogP contribution in [0, 0.1) is 0 Å². The van der Waals surface area contributed by atoms with Gasteiger partial charge in [0.05, 0.1) is 28.4 Å². The van der Waals surface area contributed by atoms with Crippen molar-refractivity contribution in [2.24, 2.45) is 0 Å². The molecule has 0 heterocycles. The van der Waals surface area contributed by atoms with Gasteiger partial charge in [0.25, 0.3) is 0 Å². The van der Waals surface area contributed by atoms with Gasteiger partial charge in [0, 0.05) is 12.2 Å². The van der Waals surface area contributed by atoms with Gasteiger partial charge in [-0.05, 0) is 47.5 Å². The summed E-state index contributed by atoms with van der Waals surface area (Å²) in [5, 5.41) is 17.7. The lowest BCUT2D eigenvalue weighted by Crippen LogP contribution is -2.11. The Bertz CT molecular complexity index is 936. The van der Waals surface area contributed by atoms with Gasteiger partial charge >= 0.3 is 11.9 Å². The van der Waals surface area contributed by atoms with Gasteiger partial charge in [0.1, 0.15) is 13.2 Å². The molecule has 10 heteroatoms. The third-order valence-electron chi connectivity index (χ3n) is 4.38. The first-order valence-electron chi connectivity index (χ1n) is 9.92. The first-order valence-corrected chi connectivity index (χ1v) is 9.92. The van der Waals surface area contributed by atoms with Crippen molar-refractivity contribution >= 4 is 24.1 Å². The second kappa shape index (κ2) is 12.6. The Morgan fingerprint density at radius 3 is 1.18 bits per heavy atom. The van der Waals surface area contributed by atoms with Gasteiger partial charge in [0.2, 0.25) is 11.5 Å². The van der Waals surface area contributed by atoms with E-state index in [9.17, 15) is 9.59 Å². The molecule has 2 N–H and O–H groups in total. The van der Waals surface area contributed by atoms with Crippen molar-refractivity contribution in [2.45, 2.75) is 0 Å². The van der Waals surface area contributed by atoms with Crippen LogP contribution in [-0.2, 0) is 9.59 Å². The Morgan fingerprint density at radius 1 is 0.647 bits per heavy atom. The van der Waals surface area contributed by atoms with E-state index in [1.165, 1.54) is 40.6 Å². The monoisotopic (exact) mass is 474 g/mol. The van der Waals surface area contributed by atoms with Gasteiger partial charge in [-0.3, -0.25) is 0 Å². The van der Waals surface area contributed by atoms with Crippen molar-refractivity contribution in [3.8, 4) is 34.5 Å². The van der Waals surface area contributed by atoms with Crippen LogP contribution in [0.3, 0.4) is 0 Å². The SMILES string of the molecule is COc1cc(/C=C/C(=O)O)cc(OC)c1OCCOc1c(OC)cc(/C=C/C(=O)O)cc1OC. The van der Waals surface area contributed by atoms with Gasteiger partial charge in [-0.25, -0.2) is 9.59 Å². The molecule has 0 unspecified atom stereocenters. The Morgan fingerprint density at radius 2 is 0.941 bits per heavy atom. The van der Waals surface area contributed by atoms with Crippen molar-refractivity contribution in [1.29, 1.82) is 0 Å². The molecule has 34 heavy (non-hydrogen) atoms. The van der Waals surface area contributed by atoms with Crippen LogP contribution >= 0.6 is 0 Å². The molecule has 182 valence electrons. The fourth-order valence-corrected chi connectivity index (χ4v) is 2.90. The number of rotatable bonds is 13. The molecule has 0 aromatic heterocycles. The first-order chi connectivity index (χ1) is 16.3. The van der Waals surface area contributed by atoms with Crippen molar-refractivity contribution < 1.29 is 48.2 Å². The number of carboxylic acid groups (broad SMARTS) is 2. The Labute approximate surface area is 196 Å². The van der Waals surface area contributed by atoms with Crippen molar-refractivity contribution in [2.75, 3.05) is 41.7 Å². The lowest BCUT2D eigenvalue weighted by molar-refractivity contribution is -0.132. The van der Waals surface area contributed by atoms with Crippen LogP contribution in [-0.4, -0.2) is 63.8 Å². The molecule has 0 saturated heterocycles. The highest BCUT2D eigenvalue weighted by Gasteiger charge is 2.16. The van der Waals surface area contributed by atoms with Crippen molar-refractivity contribution in [3.05, 3.63) is 47.5 Å². The number of ether oxygens (including phenoxy) is 6. The van der Waals surface area contributed by atoms with Crippen LogP contribution in [0.1, 0.15) is 11.1 Å². The minimum absolute atomic E-state index is 0.101. The molecule has 0 fully saturated rings. The summed E-state index contributed by atoms with van der Waals surface area (Å²) in [6.45, 7) is 0.202. The highest BCUT2D eigenvalue weighted by atomic mass is 16.6. The predicted molar refractivity (Wildman–Crippen MR) is 123 cm³/mol. The molecule has 0 aliphatic heterocycles. The average molecular weight is 474 g/mol. The zero-order valence-corrected chi connectivity index (χ0v) is 19.2. The Hall–Kier alpha value is -4.34. The number of carboxylic acids is 2. The topological polar surface area (TPSA) is 130 Å². The molecular formula is C24H26O10. The fourth-order valence-electron chi connectivity index (χ4n) is 2.90. The highest BCUT2D eigenvalue weighted by Crippen LogP contribution is 2.40. The van der Waals surface area contributed by atoms with Crippen LogP contribution in [0.5, 0.6) is 34.5 Å². The predicted octanol–water partition coefficient (Wildman–Crippen LogP) is 3.37. The molecule has 0 spiro atoms. The molecule has 2 aromatic rings. The zero-order valence-electron chi connectivity index (χ0n) is 19.2. The van der Waals surface area contributed by atoms with E-state index in [2.05, 4.69) is 0 Å². The molecular weight excluding hydrogens is 448 g/mol. The molecule has 2 rings (SSSR count). The van der Waals surface area contributed by atoms with Crippen LogP contribution in [0.25, 0.3) is 12.2 Å². The molecule has 0 atom stereocenters. The number of carbonyl (C=O) groups is 2. The molecule has 0 radical (unpaired) electrons. The normalized spacial score (nSPS) is 10.8. The molecule has 0 aliphatic rings. The molecule has 2 aromatic carbocycles. The van der Waals surface area contributed by atoms with E-state index in [4.69, 9.17) is 38.6 Å². The third kappa shape index (κ3) is 7.09. The quantitative estimate of drug-likeness (QED) is 0.329. The van der Waals surface area contributed by atoms with Gasteiger partial charge < -0.3 is 38.6 Å². The standard InChI is InChI=1S/C24H26O10/c1-29-17-11-15(5-7-21(25)26)12-18(30-2)23(17)33-9-10-34-24-19(31-3)13-16(6-8-22(27)28)14-20(24)32-4/h5-8,11-14H,9-10H2,1-4H3,(H,25,26)(H,27,28)/b7-5+,8-6+. The van der Waals surface area contributed by atoms with E-state index in [1.807, 2.05) is 0 Å². The zero-order chi connectivity index (χ0) is 25.1. The smallest absolute Gasteiger partial charge is 0.328 e. The Balaban J connectivity index is 2.17. The van der Waals surface area contributed by atoms with Crippen LogP contribution in [0.2, 0.25) is 0 Å². The molecule has 0 bridgehead atoms. The summed E-state index contributed by atoms with van der Waals surface area (Å²) >= 11 is 0. The third-order valence-corrected chi connectivity index (χ3v) is 4.38. The van der Waals surface area contributed by atoms with Crippen LogP contribution < -0.4 is 28.4 Å². The van der Waals surface area contributed by atoms with E-state index in [-0.39, 0.29) is 13.2 Å². The minimum atomic E-state index is -1.08. The maximum atomic E-state index is 10.8. The Kier molecular flexibility index (Phi) is 9.63. The van der Waals surface area contributed by atoms with Gasteiger partial charge in [-0.2, -0.15) is 0 Å². The maximum absolute atomic E-state index is 10.8.